The van der Waals surface area contributed by atoms with Gasteiger partial charge >= 0.3 is 5.97 Å². The molecule has 7 nitrogen and oxygen atoms in total. The van der Waals surface area contributed by atoms with Crippen LogP contribution in [0.25, 0.3) is 0 Å². The molecule has 2 N–H and O–H groups in total. The van der Waals surface area contributed by atoms with Gasteiger partial charge in [-0.25, -0.2) is 13.2 Å². The lowest BCUT2D eigenvalue weighted by Gasteiger charge is -2.35. The van der Waals surface area contributed by atoms with E-state index in [-0.39, 0.29) is 28.2 Å². The number of sulfonamides is 1. The highest BCUT2D eigenvalue weighted by molar-refractivity contribution is 7.89. The van der Waals surface area contributed by atoms with E-state index in [2.05, 4.69) is 10.2 Å². The second kappa shape index (κ2) is 5.17. The fourth-order valence-corrected chi connectivity index (χ4v) is 4.45. The van der Waals surface area contributed by atoms with Crippen molar-refractivity contribution >= 4 is 16.0 Å². The van der Waals surface area contributed by atoms with Gasteiger partial charge < -0.3 is 5.11 Å². The molecule has 0 radical (unpaired) electrons. The number of carbonyl (C=O) groups is 1. The van der Waals surface area contributed by atoms with Crippen molar-refractivity contribution in [2.24, 2.45) is 5.92 Å². The zero-order valence-electron chi connectivity index (χ0n) is 11.8. The molecule has 20 heavy (non-hydrogen) atoms. The first-order chi connectivity index (χ1) is 9.25. The predicted octanol–water partition coefficient (Wildman–Crippen LogP) is 1.23. The minimum absolute atomic E-state index is 0.144. The molecule has 0 amide bonds. The number of carboxylic acid groups (broad SMARTS) is 1. The highest BCUT2D eigenvalue weighted by Gasteiger charge is 2.38. The highest BCUT2D eigenvalue weighted by atomic mass is 32.2. The lowest BCUT2D eigenvalue weighted by molar-refractivity contribution is 0.0691. The van der Waals surface area contributed by atoms with Crippen molar-refractivity contribution in [3.63, 3.8) is 0 Å². The second-order valence-electron chi connectivity index (χ2n) is 5.44. The molecule has 8 heteroatoms. The summed E-state index contributed by atoms with van der Waals surface area (Å²) in [7, 11) is -3.89. The molecule has 1 fully saturated rings. The number of aromatic amines is 1. The number of hydrogen-bond donors (Lipinski definition) is 2. The van der Waals surface area contributed by atoms with Gasteiger partial charge in [0.05, 0.1) is 0 Å². The third-order valence-corrected chi connectivity index (χ3v) is 5.65. The fourth-order valence-electron chi connectivity index (χ4n) is 2.54. The zero-order chi connectivity index (χ0) is 15.1. The summed E-state index contributed by atoms with van der Waals surface area (Å²) in [6, 6.07) is -0.144. The smallest absolute Gasteiger partial charge is 0.340 e. The van der Waals surface area contributed by atoms with Gasteiger partial charge in [-0.2, -0.15) is 9.40 Å². The Labute approximate surface area is 118 Å². The first-order valence-electron chi connectivity index (χ1n) is 6.55. The van der Waals surface area contributed by atoms with Gasteiger partial charge in [-0.3, -0.25) is 5.10 Å². The van der Waals surface area contributed by atoms with Crippen LogP contribution in [0.4, 0.5) is 0 Å². The molecular formula is C12H19N3O4S. The van der Waals surface area contributed by atoms with E-state index in [9.17, 15) is 18.3 Å². The maximum Gasteiger partial charge on any atom is 0.340 e. The summed E-state index contributed by atoms with van der Waals surface area (Å²) in [6.45, 7) is 5.72. The lowest BCUT2D eigenvalue weighted by Crippen LogP contribution is -2.45. The van der Waals surface area contributed by atoms with Crippen LogP contribution in [0, 0.1) is 12.8 Å². The molecule has 1 aliphatic rings. The first-order valence-corrected chi connectivity index (χ1v) is 7.99. The summed E-state index contributed by atoms with van der Waals surface area (Å²) >= 11 is 0. The number of carboxylic acids is 1. The molecule has 1 aromatic heterocycles. The van der Waals surface area contributed by atoms with Crippen LogP contribution in [0.15, 0.2) is 5.03 Å². The van der Waals surface area contributed by atoms with Crippen molar-refractivity contribution in [3.05, 3.63) is 11.3 Å². The van der Waals surface area contributed by atoms with E-state index in [1.807, 2.05) is 13.8 Å². The molecule has 0 aromatic carbocycles. The molecule has 2 rings (SSSR count). The third-order valence-electron chi connectivity index (χ3n) is 3.74. The van der Waals surface area contributed by atoms with Gasteiger partial charge in [0.25, 0.3) is 10.0 Å². The summed E-state index contributed by atoms with van der Waals surface area (Å²) in [4.78, 5) is 11.2. The Kier molecular flexibility index (Phi) is 3.88. The third kappa shape index (κ3) is 2.45. The van der Waals surface area contributed by atoms with Crippen molar-refractivity contribution in [3.8, 4) is 0 Å². The summed E-state index contributed by atoms with van der Waals surface area (Å²) in [5, 5.41) is 14.9. The van der Waals surface area contributed by atoms with Crippen LogP contribution in [0.3, 0.4) is 0 Å². The van der Waals surface area contributed by atoms with E-state index in [1.165, 1.54) is 11.2 Å². The summed E-state index contributed by atoms with van der Waals surface area (Å²) in [5.74, 6) is -1.03. The standard InChI is InChI=1S/C12H19N3O4S/c1-7-4-5-8(2)15(6-7)20(18,19)11-10(12(16)17)9(3)13-14-11/h7-8H,4-6H2,1-3H3,(H,13,14)(H,16,17). The Balaban J connectivity index is 2.47. The summed E-state index contributed by atoms with van der Waals surface area (Å²) < 4.78 is 26.7. The fraction of sp³-hybridized carbons (Fsp3) is 0.667. The maximum absolute atomic E-state index is 12.7. The molecule has 2 unspecified atom stereocenters. The second-order valence-corrected chi connectivity index (χ2v) is 7.25. The number of aryl methyl sites for hydroxylation is 1. The maximum atomic E-state index is 12.7. The number of rotatable bonds is 3. The summed E-state index contributed by atoms with van der Waals surface area (Å²) in [6.07, 6.45) is 1.74. The van der Waals surface area contributed by atoms with Gasteiger partial charge in [-0.05, 0) is 32.6 Å². The van der Waals surface area contributed by atoms with Crippen LogP contribution in [-0.4, -0.2) is 46.6 Å². The Morgan fingerprint density at radius 1 is 1.40 bits per heavy atom. The van der Waals surface area contributed by atoms with Crippen molar-refractivity contribution in [1.82, 2.24) is 14.5 Å². The minimum atomic E-state index is -3.89. The van der Waals surface area contributed by atoms with Crippen LogP contribution in [0.5, 0.6) is 0 Å². The number of H-pyrrole nitrogens is 1. The van der Waals surface area contributed by atoms with Crippen LogP contribution in [-0.2, 0) is 10.0 Å². The Hall–Kier alpha value is -1.41. The van der Waals surface area contributed by atoms with Gasteiger partial charge in [0, 0.05) is 18.3 Å². The number of aromatic nitrogens is 2. The quantitative estimate of drug-likeness (QED) is 0.873. The molecular weight excluding hydrogens is 282 g/mol. The largest absolute Gasteiger partial charge is 0.478 e. The molecule has 0 saturated carbocycles. The number of hydrogen-bond acceptors (Lipinski definition) is 4. The van der Waals surface area contributed by atoms with Crippen molar-refractivity contribution in [2.75, 3.05) is 6.54 Å². The molecule has 1 aliphatic heterocycles. The topological polar surface area (TPSA) is 103 Å². The number of aromatic carboxylic acids is 1. The van der Waals surface area contributed by atoms with Gasteiger partial charge in [-0.1, -0.05) is 6.92 Å². The van der Waals surface area contributed by atoms with E-state index in [1.54, 1.807) is 0 Å². The zero-order valence-corrected chi connectivity index (χ0v) is 12.6. The van der Waals surface area contributed by atoms with Crippen LogP contribution in [0.1, 0.15) is 42.7 Å². The SMILES string of the molecule is Cc1[nH]nc(S(=O)(=O)N2CC(C)CCC2C)c1C(=O)O. The minimum Gasteiger partial charge on any atom is -0.478 e. The molecule has 1 saturated heterocycles. The van der Waals surface area contributed by atoms with E-state index in [0.717, 1.165) is 12.8 Å². The Morgan fingerprint density at radius 2 is 2.05 bits per heavy atom. The van der Waals surface area contributed by atoms with Crippen LogP contribution in [0.2, 0.25) is 0 Å². The normalized spacial score (nSPS) is 24.8. The van der Waals surface area contributed by atoms with Crippen molar-refractivity contribution in [2.45, 2.75) is 44.7 Å². The van der Waals surface area contributed by atoms with E-state index in [0.29, 0.717) is 6.54 Å². The molecule has 1 aromatic rings. The molecule has 2 atom stereocenters. The van der Waals surface area contributed by atoms with Gasteiger partial charge in [0.15, 0.2) is 0 Å². The van der Waals surface area contributed by atoms with Crippen LogP contribution < -0.4 is 0 Å². The highest BCUT2D eigenvalue weighted by Crippen LogP contribution is 2.29. The first kappa shape index (κ1) is 15.0. The van der Waals surface area contributed by atoms with Crippen LogP contribution >= 0.6 is 0 Å². The average Bonchev–Trinajstić information content (AvgIpc) is 2.75. The summed E-state index contributed by atoms with van der Waals surface area (Å²) in [5.41, 5.74) is -0.0239. The molecule has 0 bridgehead atoms. The molecule has 0 aliphatic carbocycles. The molecule has 2 heterocycles. The van der Waals surface area contributed by atoms with Crippen molar-refractivity contribution in [1.29, 1.82) is 0 Å². The van der Waals surface area contributed by atoms with E-state index < -0.39 is 16.0 Å². The number of nitrogens with zero attached hydrogens (tertiary/aromatic N) is 2. The molecule has 112 valence electrons. The monoisotopic (exact) mass is 301 g/mol. The Bertz CT molecular complexity index is 623. The lowest BCUT2D eigenvalue weighted by atomic mass is 9.97. The van der Waals surface area contributed by atoms with E-state index in [4.69, 9.17) is 0 Å². The van der Waals surface area contributed by atoms with Gasteiger partial charge in [0.1, 0.15) is 5.56 Å². The van der Waals surface area contributed by atoms with Crippen molar-refractivity contribution < 1.29 is 18.3 Å². The van der Waals surface area contributed by atoms with Gasteiger partial charge in [-0.15, -0.1) is 0 Å². The average molecular weight is 301 g/mol. The van der Waals surface area contributed by atoms with E-state index >= 15 is 0 Å². The number of nitrogens with one attached hydrogen (secondary N) is 1. The van der Waals surface area contributed by atoms with Gasteiger partial charge in [0.2, 0.25) is 5.03 Å². The Morgan fingerprint density at radius 3 is 2.65 bits per heavy atom. The predicted molar refractivity (Wildman–Crippen MR) is 72.0 cm³/mol. The molecule has 0 spiro atoms. The number of piperidine rings is 1.